The Labute approximate surface area is 121 Å². The summed E-state index contributed by atoms with van der Waals surface area (Å²) in [6.45, 7) is 11.9. The van der Waals surface area contributed by atoms with Crippen LogP contribution in [0.2, 0.25) is 0 Å². The first kappa shape index (κ1) is 16.2. The van der Waals surface area contributed by atoms with Gasteiger partial charge in [0, 0.05) is 19.3 Å². The van der Waals surface area contributed by atoms with Crippen molar-refractivity contribution >= 4 is 17.4 Å². The summed E-state index contributed by atoms with van der Waals surface area (Å²) in [7, 11) is 0. The third-order valence-corrected chi connectivity index (χ3v) is 3.58. The molecule has 0 saturated carbocycles. The summed E-state index contributed by atoms with van der Waals surface area (Å²) in [5.74, 6) is 1.35. The molecule has 0 aromatic carbocycles. The van der Waals surface area contributed by atoms with Gasteiger partial charge in [0.2, 0.25) is 0 Å². The van der Waals surface area contributed by atoms with Crippen LogP contribution in [0.5, 0.6) is 0 Å². The van der Waals surface area contributed by atoms with E-state index in [9.17, 15) is 0 Å². The first-order chi connectivity index (χ1) is 9.24. The van der Waals surface area contributed by atoms with E-state index in [1.54, 1.807) is 6.20 Å². The monoisotopic (exact) mass is 284 g/mol. The maximum Gasteiger partial charge on any atom is 0.147 e. The van der Waals surface area contributed by atoms with Crippen molar-refractivity contribution in [2.75, 3.05) is 37.6 Å². The summed E-state index contributed by atoms with van der Waals surface area (Å²) in [4.78, 5) is 13.4. The van der Waals surface area contributed by atoms with Crippen molar-refractivity contribution in [3.63, 3.8) is 0 Å². The van der Waals surface area contributed by atoms with Crippen molar-refractivity contribution in [2.24, 2.45) is 0 Å². The Morgan fingerprint density at radius 2 is 1.79 bits per heavy atom. The molecule has 0 aliphatic heterocycles. The van der Waals surface area contributed by atoms with E-state index in [1.807, 2.05) is 6.20 Å². The number of rotatable bonds is 9. The number of alkyl halides is 1. The van der Waals surface area contributed by atoms with Crippen LogP contribution in [0.15, 0.2) is 12.4 Å². The minimum Gasteiger partial charge on any atom is -0.356 e. The highest BCUT2D eigenvalue weighted by molar-refractivity contribution is 6.16. The van der Waals surface area contributed by atoms with E-state index in [2.05, 4.69) is 40.5 Å². The Bertz CT molecular complexity index is 355. The summed E-state index contributed by atoms with van der Waals surface area (Å²) in [6.07, 6.45) is 4.68. The molecule has 4 nitrogen and oxygen atoms in total. The summed E-state index contributed by atoms with van der Waals surface area (Å²) >= 11 is 5.80. The zero-order valence-electron chi connectivity index (χ0n) is 12.3. The van der Waals surface area contributed by atoms with Crippen molar-refractivity contribution in [2.45, 2.75) is 33.1 Å². The fourth-order valence-corrected chi connectivity index (χ4v) is 2.20. The van der Waals surface area contributed by atoms with Gasteiger partial charge in [0.1, 0.15) is 5.82 Å². The molecule has 0 atom stereocenters. The van der Waals surface area contributed by atoms with Crippen LogP contribution in [0.25, 0.3) is 0 Å². The van der Waals surface area contributed by atoms with E-state index in [0.29, 0.717) is 5.88 Å². The quantitative estimate of drug-likeness (QED) is 0.653. The minimum absolute atomic E-state index is 0.415. The van der Waals surface area contributed by atoms with Gasteiger partial charge in [0.15, 0.2) is 0 Å². The molecule has 0 saturated heterocycles. The fraction of sp³-hybridized carbons (Fsp3) is 0.714. The van der Waals surface area contributed by atoms with E-state index in [0.717, 1.165) is 50.7 Å². The maximum atomic E-state index is 5.80. The molecule has 0 spiro atoms. The van der Waals surface area contributed by atoms with Crippen molar-refractivity contribution in [3.8, 4) is 0 Å². The molecule has 1 aromatic heterocycles. The van der Waals surface area contributed by atoms with E-state index in [1.165, 1.54) is 0 Å². The van der Waals surface area contributed by atoms with E-state index >= 15 is 0 Å². The van der Waals surface area contributed by atoms with Gasteiger partial charge in [-0.1, -0.05) is 13.8 Å². The Hall–Kier alpha value is -0.870. The van der Waals surface area contributed by atoms with Crippen molar-refractivity contribution in [1.82, 2.24) is 14.9 Å². The van der Waals surface area contributed by atoms with Crippen LogP contribution in [-0.4, -0.2) is 47.6 Å². The molecule has 19 heavy (non-hydrogen) atoms. The number of hydrogen-bond donors (Lipinski definition) is 0. The molecule has 0 amide bonds. The standard InChI is InChI=1S/C14H25ClN4/c1-4-18(5-2)8-7-9-19(6-3)14-12-16-11-13(10-15)17-14/h11-12H,4-10H2,1-3H3. The van der Waals surface area contributed by atoms with Gasteiger partial charge in [0.25, 0.3) is 0 Å². The van der Waals surface area contributed by atoms with Gasteiger partial charge >= 0.3 is 0 Å². The first-order valence-corrected chi connectivity index (χ1v) is 7.62. The largest absolute Gasteiger partial charge is 0.356 e. The molecule has 0 N–H and O–H groups in total. The van der Waals surface area contributed by atoms with Gasteiger partial charge < -0.3 is 9.80 Å². The van der Waals surface area contributed by atoms with Crippen molar-refractivity contribution in [1.29, 1.82) is 0 Å². The average Bonchev–Trinajstić information content (AvgIpc) is 2.47. The van der Waals surface area contributed by atoms with Gasteiger partial charge in [-0.2, -0.15) is 0 Å². The number of aromatic nitrogens is 2. The van der Waals surface area contributed by atoms with Crippen LogP contribution >= 0.6 is 11.6 Å². The Morgan fingerprint density at radius 3 is 2.37 bits per heavy atom. The molecule has 1 aromatic rings. The summed E-state index contributed by atoms with van der Waals surface area (Å²) in [6, 6.07) is 0. The lowest BCUT2D eigenvalue weighted by atomic mass is 10.3. The molecule has 108 valence electrons. The van der Waals surface area contributed by atoms with Gasteiger partial charge in [-0.05, 0) is 33.0 Å². The molecule has 0 bridgehead atoms. The predicted octanol–water partition coefficient (Wildman–Crippen LogP) is 2.77. The van der Waals surface area contributed by atoms with E-state index < -0.39 is 0 Å². The minimum atomic E-state index is 0.415. The van der Waals surface area contributed by atoms with E-state index in [4.69, 9.17) is 11.6 Å². The molecular weight excluding hydrogens is 260 g/mol. The molecular formula is C14H25ClN4. The maximum absolute atomic E-state index is 5.80. The molecule has 0 fully saturated rings. The fourth-order valence-electron chi connectivity index (χ4n) is 2.07. The van der Waals surface area contributed by atoms with Gasteiger partial charge in [0.05, 0.1) is 17.8 Å². The molecule has 5 heteroatoms. The number of hydrogen-bond acceptors (Lipinski definition) is 4. The van der Waals surface area contributed by atoms with E-state index in [-0.39, 0.29) is 0 Å². The first-order valence-electron chi connectivity index (χ1n) is 7.09. The molecule has 0 aliphatic carbocycles. The molecule has 1 heterocycles. The summed E-state index contributed by atoms with van der Waals surface area (Å²) in [5.41, 5.74) is 0.835. The second-order valence-corrected chi connectivity index (χ2v) is 4.73. The molecule has 1 rings (SSSR count). The lowest BCUT2D eigenvalue weighted by Gasteiger charge is -2.24. The van der Waals surface area contributed by atoms with Crippen LogP contribution in [-0.2, 0) is 5.88 Å². The Morgan fingerprint density at radius 1 is 1.05 bits per heavy atom. The zero-order valence-corrected chi connectivity index (χ0v) is 13.0. The SMILES string of the molecule is CCN(CC)CCCN(CC)c1cncc(CCl)n1. The lowest BCUT2D eigenvalue weighted by molar-refractivity contribution is 0.300. The highest BCUT2D eigenvalue weighted by Crippen LogP contribution is 2.11. The molecule has 0 unspecified atom stereocenters. The highest BCUT2D eigenvalue weighted by atomic mass is 35.5. The second-order valence-electron chi connectivity index (χ2n) is 4.46. The normalized spacial score (nSPS) is 11.0. The van der Waals surface area contributed by atoms with Gasteiger partial charge in [-0.25, -0.2) is 4.98 Å². The van der Waals surface area contributed by atoms with Crippen LogP contribution in [0.3, 0.4) is 0 Å². The molecule has 0 radical (unpaired) electrons. The van der Waals surface area contributed by atoms with Crippen molar-refractivity contribution < 1.29 is 0 Å². The topological polar surface area (TPSA) is 32.3 Å². The summed E-state index contributed by atoms with van der Waals surface area (Å²) < 4.78 is 0. The average molecular weight is 285 g/mol. The second kappa shape index (κ2) is 9.10. The van der Waals surface area contributed by atoms with Crippen LogP contribution < -0.4 is 4.90 Å². The molecule has 0 aliphatic rings. The predicted molar refractivity (Wildman–Crippen MR) is 81.9 cm³/mol. The smallest absolute Gasteiger partial charge is 0.147 e. The Kier molecular flexibility index (Phi) is 7.75. The van der Waals surface area contributed by atoms with Gasteiger partial charge in [-0.3, -0.25) is 4.98 Å². The number of halogens is 1. The van der Waals surface area contributed by atoms with Crippen LogP contribution in [0, 0.1) is 0 Å². The number of anilines is 1. The third kappa shape index (κ3) is 5.33. The van der Waals surface area contributed by atoms with Crippen molar-refractivity contribution in [3.05, 3.63) is 18.1 Å². The Balaban J connectivity index is 2.52. The summed E-state index contributed by atoms with van der Waals surface area (Å²) in [5, 5.41) is 0. The lowest BCUT2D eigenvalue weighted by Crippen LogP contribution is -2.30. The number of nitrogens with zero attached hydrogens (tertiary/aromatic N) is 4. The third-order valence-electron chi connectivity index (χ3n) is 3.31. The van der Waals surface area contributed by atoms with Gasteiger partial charge in [-0.15, -0.1) is 11.6 Å². The van der Waals surface area contributed by atoms with Crippen LogP contribution in [0.4, 0.5) is 5.82 Å². The highest BCUT2D eigenvalue weighted by Gasteiger charge is 2.08. The zero-order chi connectivity index (χ0) is 14.1. The van der Waals surface area contributed by atoms with Crippen LogP contribution in [0.1, 0.15) is 32.9 Å².